The molecule has 0 radical (unpaired) electrons. The number of benzene rings is 2. The summed E-state index contributed by atoms with van der Waals surface area (Å²) in [5, 5.41) is 4.66. The van der Waals surface area contributed by atoms with Crippen LogP contribution in [0.5, 0.6) is 5.75 Å². The number of rotatable bonds is 6. The summed E-state index contributed by atoms with van der Waals surface area (Å²) in [6.45, 7) is -0.696. The van der Waals surface area contributed by atoms with Crippen LogP contribution in [0.1, 0.15) is 5.56 Å². The molecular formula is C18H15ClF3N3O. The van der Waals surface area contributed by atoms with Crippen LogP contribution < -0.4 is 10.1 Å². The smallest absolute Gasteiger partial charge is 0.422 e. The lowest BCUT2D eigenvalue weighted by molar-refractivity contribution is -0.153. The van der Waals surface area contributed by atoms with Gasteiger partial charge in [0.15, 0.2) is 6.61 Å². The number of nitrogens with one attached hydrogen (secondary N) is 1. The SMILES string of the molecule is FC(F)(F)COc1ccc(CCNc2ncnc3ccc(Cl)cc23)cc1. The van der Waals surface area contributed by atoms with E-state index >= 15 is 0 Å². The number of fused-ring (bicyclic) bond motifs is 1. The predicted molar refractivity (Wildman–Crippen MR) is 94.7 cm³/mol. The van der Waals surface area contributed by atoms with Crippen LogP contribution in [0.4, 0.5) is 19.0 Å². The standard InChI is InChI=1S/C18H15ClF3N3O/c19-13-3-6-16-15(9-13)17(25-11-24-16)23-8-7-12-1-4-14(5-2-12)26-10-18(20,21)22/h1-6,9,11H,7-8,10H2,(H,23,24,25). The number of ether oxygens (including phenoxy) is 1. The summed E-state index contributed by atoms with van der Waals surface area (Å²) in [6.07, 6.45) is -2.19. The minimum absolute atomic E-state index is 0.190. The van der Waals surface area contributed by atoms with Gasteiger partial charge < -0.3 is 10.1 Å². The summed E-state index contributed by atoms with van der Waals surface area (Å²) in [7, 11) is 0. The highest BCUT2D eigenvalue weighted by atomic mass is 35.5. The van der Waals surface area contributed by atoms with Crippen molar-refractivity contribution in [1.82, 2.24) is 9.97 Å². The lowest BCUT2D eigenvalue weighted by Gasteiger charge is -2.10. The number of hydrogen-bond donors (Lipinski definition) is 1. The van der Waals surface area contributed by atoms with Gasteiger partial charge in [-0.15, -0.1) is 0 Å². The zero-order valence-electron chi connectivity index (χ0n) is 13.6. The Morgan fingerprint density at radius 3 is 2.54 bits per heavy atom. The third kappa shape index (κ3) is 4.98. The van der Waals surface area contributed by atoms with Gasteiger partial charge in [0.25, 0.3) is 0 Å². The van der Waals surface area contributed by atoms with Crippen LogP contribution in [-0.4, -0.2) is 29.3 Å². The average molecular weight is 382 g/mol. The molecule has 0 unspecified atom stereocenters. The Morgan fingerprint density at radius 2 is 1.81 bits per heavy atom. The zero-order valence-corrected chi connectivity index (χ0v) is 14.3. The van der Waals surface area contributed by atoms with E-state index in [4.69, 9.17) is 11.6 Å². The van der Waals surface area contributed by atoms with Gasteiger partial charge in [0.2, 0.25) is 0 Å². The first kappa shape index (κ1) is 18.3. The highest BCUT2D eigenvalue weighted by molar-refractivity contribution is 6.31. The van der Waals surface area contributed by atoms with Crippen molar-refractivity contribution in [3.63, 3.8) is 0 Å². The molecule has 0 saturated heterocycles. The molecule has 0 amide bonds. The quantitative estimate of drug-likeness (QED) is 0.661. The summed E-state index contributed by atoms with van der Waals surface area (Å²) in [5.41, 5.74) is 1.76. The first-order chi connectivity index (χ1) is 12.4. The Bertz CT molecular complexity index is 885. The Balaban J connectivity index is 1.58. The minimum Gasteiger partial charge on any atom is -0.484 e. The molecule has 3 aromatic rings. The van der Waals surface area contributed by atoms with E-state index in [9.17, 15) is 13.2 Å². The summed E-state index contributed by atoms with van der Waals surface area (Å²) in [6, 6.07) is 11.9. The van der Waals surface area contributed by atoms with Gasteiger partial charge in [-0.2, -0.15) is 13.2 Å². The molecule has 0 bridgehead atoms. The van der Waals surface area contributed by atoms with Crippen molar-refractivity contribution in [2.45, 2.75) is 12.6 Å². The molecule has 0 fully saturated rings. The normalized spacial score (nSPS) is 11.5. The van der Waals surface area contributed by atoms with Crippen LogP contribution in [0.2, 0.25) is 5.02 Å². The molecule has 8 heteroatoms. The van der Waals surface area contributed by atoms with Gasteiger partial charge in [0, 0.05) is 17.0 Å². The number of halogens is 4. The van der Waals surface area contributed by atoms with Gasteiger partial charge in [-0.05, 0) is 42.3 Å². The van der Waals surface area contributed by atoms with Crippen LogP contribution in [-0.2, 0) is 6.42 Å². The lowest BCUT2D eigenvalue weighted by Crippen LogP contribution is -2.19. The predicted octanol–water partition coefficient (Wildman–Crippen LogP) is 4.88. The molecule has 4 nitrogen and oxygen atoms in total. The van der Waals surface area contributed by atoms with Gasteiger partial charge in [-0.1, -0.05) is 23.7 Å². The van der Waals surface area contributed by atoms with Crippen molar-refractivity contribution in [2.24, 2.45) is 0 Å². The Kier molecular flexibility index (Phi) is 5.46. The fourth-order valence-electron chi connectivity index (χ4n) is 2.41. The summed E-state index contributed by atoms with van der Waals surface area (Å²) in [4.78, 5) is 8.42. The first-order valence-electron chi connectivity index (χ1n) is 7.83. The maximum Gasteiger partial charge on any atom is 0.422 e. The second kappa shape index (κ2) is 7.78. The van der Waals surface area contributed by atoms with E-state index in [1.807, 2.05) is 6.07 Å². The van der Waals surface area contributed by atoms with E-state index in [1.165, 1.54) is 18.5 Å². The molecule has 0 aliphatic carbocycles. The molecule has 26 heavy (non-hydrogen) atoms. The molecule has 0 spiro atoms. The molecule has 2 aromatic carbocycles. The molecule has 0 saturated carbocycles. The van der Waals surface area contributed by atoms with Crippen molar-refractivity contribution in [3.05, 3.63) is 59.4 Å². The number of aromatic nitrogens is 2. The third-order valence-corrected chi connectivity index (χ3v) is 3.86. The Hall–Kier alpha value is -2.54. The van der Waals surface area contributed by atoms with Gasteiger partial charge in [-0.3, -0.25) is 0 Å². The number of nitrogens with zero attached hydrogens (tertiary/aromatic N) is 2. The number of anilines is 1. The second-order valence-corrected chi connectivity index (χ2v) is 6.04. The van der Waals surface area contributed by atoms with E-state index < -0.39 is 12.8 Å². The zero-order chi connectivity index (χ0) is 18.6. The van der Waals surface area contributed by atoms with E-state index in [0.717, 1.165) is 16.5 Å². The van der Waals surface area contributed by atoms with Crippen LogP contribution in [0.25, 0.3) is 10.9 Å². The van der Waals surface area contributed by atoms with Gasteiger partial charge in [-0.25, -0.2) is 9.97 Å². The molecule has 1 heterocycles. The lowest BCUT2D eigenvalue weighted by atomic mass is 10.1. The molecule has 3 rings (SSSR count). The Morgan fingerprint density at radius 1 is 1.04 bits per heavy atom. The highest BCUT2D eigenvalue weighted by Gasteiger charge is 2.28. The van der Waals surface area contributed by atoms with Gasteiger partial charge in [0.1, 0.15) is 17.9 Å². The van der Waals surface area contributed by atoms with Crippen molar-refractivity contribution < 1.29 is 17.9 Å². The number of alkyl halides is 3. The minimum atomic E-state index is -4.34. The average Bonchev–Trinajstić information content (AvgIpc) is 2.61. The van der Waals surface area contributed by atoms with Crippen LogP contribution in [0.3, 0.4) is 0 Å². The third-order valence-electron chi connectivity index (χ3n) is 3.63. The van der Waals surface area contributed by atoms with Crippen LogP contribution in [0.15, 0.2) is 48.8 Å². The summed E-state index contributed by atoms with van der Waals surface area (Å²) >= 11 is 6.02. The molecule has 1 N–H and O–H groups in total. The van der Waals surface area contributed by atoms with E-state index in [2.05, 4.69) is 20.0 Å². The van der Waals surface area contributed by atoms with Crippen molar-refractivity contribution >= 4 is 28.3 Å². The van der Waals surface area contributed by atoms with Crippen LogP contribution in [0, 0.1) is 0 Å². The largest absolute Gasteiger partial charge is 0.484 e. The molecule has 0 atom stereocenters. The molecule has 136 valence electrons. The molecule has 0 aliphatic heterocycles. The van der Waals surface area contributed by atoms with Gasteiger partial charge >= 0.3 is 6.18 Å². The topological polar surface area (TPSA) is 47.0 Å². The summed E-state index contributed by atoms with van der Waals surface area (Å²) in [5.74, 6) is 0.873. The fraction of sp³-hybridized carbons (Fsp3) is 0.222. The maximum atomic E-state index is 12.1. The Labute approximate surface area is 153 Å². The first-order valence-corrected chi connectivity index (χ1v) is 8.21. The van der Waals surface area contributed by atoms with Crippen molar-refractivity contribution in [2.75, 3.05) is 18.5 Å². The highest BCUT2D eigenvalue weighted by Crippen LogP contribution is 2.23. The second-order valence-electron chi connectivity index (χ2n) is 5.61. The molecule has 1 aromatic heterocycles. The molecule has 0 aliphatic rings. The van der Waals surface area contributed by atoms with E-state index in [1.54, 1.807) is 24.3 Å². The number of hydrogen-bond acceptors (Lipinski definition) is 4. The molecular weight excluding hydrogens is 367 g/mol. The van der Waals surface area contributed by atoms with Crippen molar-refractivity contribution in [3.8, 4) is 5.75 Å². The summed E-state index contributed by atoms with van der Waals surface area (Å²) < 4.78 is 41.1. The monoisotopic (exact) mass is 381 g/mol. The van der Waals surface area contributed by atoms with Gasteiger partial charge in [0.05, 0.1) is 5.52 Å². The van der Waals surface area contributed by atoms with Crippen LogP contribution >= 0.6 is 11.6 Å². The van der Waals surface area contributed by atoms with E-state index in [0.29, 0.717) is 23.8 Å². The van der Waals surface area contributed by atoms with Crippen molar-refractivity contribution in [1.29, 1.82) is 0 Å². The maximum absolute atomic E-state index is 12.1. The fourth-order valence-corrected chi connectivity index (χ4v) is 2.58. The van der Waals surface area contributed by atoms with E-state index in [-0.39, 0.29) is 5.75 Å².